The lowest BCUT2D eigenvalue weighted by Crippen LogP contribution is -2.41. The van der Waals surface area contributed by atoms with Gasteiger partial charge in [-0.3, -0.25) is 4.79 Å². The summed E-state index contributed by atoms with van der Waals surface area (Å²) >= 11 is 1.13. The zero-order chi connectivity index (χ0) is 21.2. The Balaban J connectivity index is 2.80. The minimum atomic E-state index is -1.09. The Bertz CT molecular complexity index is 883. The Morgan fingerprint density at radius 2 is 1.79 bits per heavy atom. The van der Waals surface area contributed by atoms with Crippen LogP contribution in [0.15, 0.2) is 20.6 Å². The maximum atomic E-state index is 12.9. The fraction of sp³-hybridized carbons (Fsp3) is 0.579. The molecule has 0 amide bonds. The molecule has 0 aliphatic carbocycles. The number of thioether (sulfide) groups is 1. The fourth-order valence-corrected chi connectivity index (χ4v) is 4.08. The molecular formula is C19H27N3O5S. The Morgan fingerprint density at radius 1 is 1.18 bits per heavy atom. The number of carbonyl (C=O) groups excluding carboxylic acids is 2. The van der Waals surface area contributed by atoms with E-state index in [4.69, 9.17) is 9.47 Å². The van der Waals surface area contributed by atoms with Crippen molar-refractivity contribution >= 4 is 23.7 Å². The van der Waals surface area contributed by atoms with Crippen molar-refractivity contribution in [2.75, 3.05) is 13.2 Å². The summed E-state index contributed by atoms with van der Waals surface area (Å²) in [6.45, 7) is 12.9. The standard InChI is InChI=1S/C19H27N3O5S/c1-8-26-16(24)12-13(17(25)27-9-2)22-11(4)10(3)14(23)20-18(22)28-15(12)21-19(5,6)7/h13,21H,8-9H2,1-7H3. The summed E-state index contributed by atoms with van der Waals surface area (Å²) in [5.74, 6) is -1.21. The number of nitrogens with zero attached hydrogens (tertiary/aromatic N) is 2. The quantitative estimate of drug-likeness (QED) is 0.584. The summed E-state index contributed by atoms with van der Waals surface area (Å²) in [5.41, 5.74) is 0.349. The number of ether oxygens (including phenoxy) is 2. The van der Waals surface area contributed by atoms with Crippen LogP contribution in [0.1, 0.15) is 51.9 Å². The Labute approximate surface area is 168 Å². The molecule has 1 atom stereocenters. The topological polar surface area (TPSA) is 99.5 Å². The molecule has 154 valence electrons. The third-order valence-electron chi connectivity index (χ3n) is 4.09. The van der Waals surface area contributed by atoms with E-state index in [2.05, 4.69) is 10.3 Å². The number of fused-ring (bicyclic) bond motifs is 1. The first kappa shape index (κ1) is 22.0. The second-order valence-corrected chi connectivity index (χ2v) is 8.35. The van der Waals surface area contributed by atoms with Gasteiger partial charge in [-0.25, -0.2) is 9.59 Å². The number of nitrogens with one attached hydrogen (secondary N) is 1. The third kappa shape index (κ3) is 4.40. The first-order valence-corrected chi connectivity index (χ1v) is 9.97. The van der Waals surface area contributed by atoms with E-state index in [1.54, 1.807) is 32.3 Å². The molecule has 0 spiro atoms. The van der Waals surface area contributed by atoms with Crippen LogP contribution in [0.3, 0.4) is 0 Å². The fourth-order valence-electron chi connectivity index (χ4n) is 2.77. The normalized spacial score (nSPS) is 16.5. The van der Waals surface area contributed by atoms with Crippen LogP contribution in [-0.2, 0) is 19.1 Å². The minimum Gasteiger partial charge on any atom is -0.464 e. The Kier molecular flexibility index (Phi) is 6.59. The lowest BCUT2D eigenvalue weighted by atomic mass is 10.0. The number of aromatic nitrogens is 2. The van der Waals surface area contributed by atoms with E-state index in [1.807, 2.05) is 20.8 Å². The Hall–Kier alpha value is -2.29. The van der Waals surface area contributed by atoms with Gasteiger partial charge in [-0.2, -0.15) is 4.98 Å². The molecule has 1 N–H and O–H groups in total. The summed E-state index contributed by atoms with van der Waals surface area (Å²) in [6, 6.07) is -1.09. The van der Waals surface area contributed by atoms with Gasteiger partial charge in [-0.1, -0.05) is 0 Å². The number of carbonyl (C=O) groups is 2. The van der Waals surface area contributed by atoms with E-state index in [-0.39, 0.29) is 24.3 Å². The monoisotopic (exact) mass is 409 g/mol. The molecule has 1 aromatic rings. The van der Waals surface area contributed by atoms with Gasteiger partial charge in [0.15, 0.2) is 11.2 Å². The second kappa shape index (κ2) is 8.38. The predicted octanol–water partition coefficient (Wildman–Crippen LogP) is 2.23. The van der Waals surface area contributed by atoms with Crippen LogP contribution >= 0.6 is 11.8 Å². The molecule has 0 aromatic carbocycles. The molecular weight excluding hydrogens is 382 g/mol. The first-order chi connectivity index (χ1) is 13.0. The maximum Gasteiger partial charge on any atom is 0.339 e. The summed E-state index contributed by atoms with van der Waals surface area (Å²) in [7, 11) is 0. The van der Waals surface area contributed by atoms with Gasteiger partial charge in [0.05, 0.1) is 18.2 Å². The SMILES string of the molecule is CCOC(=O)C1=C(NC(C)(C)C)Sc2nc(=O)c(C)c(C)n2C1C(=O)OCC. The summed E-state index contributed by atoms with van der Waals surface area (Å²) in [6.07, 6.45) is 0. The molecule has 1 aromatic heterocycles. The van der Waals surface area contributed by atoms with Crippen LogP contribution < -0.4 is 10.9 Å². The lowest BCUT2D eigenvalue weighted by Gasteiger charge is -2.34. The van der Waals surface area contributed by atoms with Gasteiger partial charge in [-0.05, 0) is 60.2 Å². The molecule has 0 saturated heterocycles. The number of hydrogen-bond acceptors (Lipinski definition) is 8. The lowest BCUT2D eigenvalue weighted by molar-refractivity contribution is -0.149. The summed E-state index contributed by atoms with van der Waals surface area (Å²) < 4.78 is 12.1. The molecule has 0 saturated carbocycles. The Morgan fingerprint density at radius 3 is 2.32 bits per heavy atom. The maximum absolute atomic E-state index is 12.9. The molecule has 2 rings (SSSR count). The highest BCUT2D eigenvalue weighted by Gasteiger charge is 2.41. The van der Waals surface area contributed by atoms with Crippen LogP contribution in [0, 0.1) is 13.8 Å². The number of rotatable bonds is 5. The van der Waals surface area contributed by atoms with Gasteiger partial charge in [0.25, 0.3) is 5.56 Å². The molecule has 0 bridgehead atoms. The highest BCUT2D eigenvalue weighted by Crippen LogP contribution is 2.40. The van der Waals surface area contributed by atoms with E-state index in [0.717, 1.165) is 11.8 Å². The van der Waals surface area contributed by atoms with Crippen molar-refractivity contribution in [3.8, 4) is 0 Å². The van der Waals surface area contributed by atoms with Gasteiger partial charge in [0.1, 0.15) is 5.57 Å². The number of esters is 2. The van der Waals surface area contributed by atoms with Crippen molar-refractivity contribution in [3.63, 3.8) is 0 Å². The molecule has 1 aliphatic heterocycles. The van der Waals surface area contributed by atoms with Crippen LogP contribution in [-0.4, -0.2) is 40.2 Å². The van der Waals surface area contributed by atoms with Crippen LogP contribution in [0.4, 0.5) is 0 Å². The van der Waals surface area contributed by atoms with E-state index >= 15 is 0 Å². The molecule has 0 radical (unpaired) electrons. The average Bonchev–Trinajstić information content (AvgIpc) is 2.57. The molecule has 8 nitrogen and oxygen atoms in total. The van der Waals surface area contributed by atoms with Crippen molar-refractivity contribution in [2.45, 2.75) is 65.2 Å². The van der Waals surface area contributed by atoms with Crippen molar-refractivity contribution < 1.29 is 19.1 Å². The van der Waals surface area contributed by atoms with Gasteiger partial charge in [0, 0.05) is 16.8 Å². The van der Waals surface area contributed by atoms with E-state index in [9.17, 15) is 14.4 Å². The highest BCUT2D eigenvalue weighted by atomic mass is 32.2. The summed E-state index contributed by atoms with van der Waals surface area (Å²) in [4.78, 5) is 42.1. The smallest absolute Gasteiger partial charge is 0.339 e. The van der Waals surface area contributed by atoms with Crippen molar-refractivity contribution in [3.05, 3.63) is 32.2 Å². The van der Waals surface area contributed by atoms with E-state index in [1.165, 1.54) is 0 Å². The zero-order valence-electron chi connectivity index (χ0n) is 17.3. The van der Waals surface area contributed by atoms with Crippen molar-refractivity contribution in [2.24, 2.45) is 0 Å². The minimum absolute atomic E-state index is 0.153. The van der Waals surface area contributed by atoms with Gasteiger partial charge in [-0.15, -0.1) is 0 Å². The van der Waals surface area contributed by atoms with Crippen molar-refractivity contribution in [1.29, 1.82) is 0 Å². The third-order valence-corrected chi connectivity index (χ3v) is 5.09. The predicted molar refractivity (Wildman–Crippen MR) is 106 cm³/mol. The van der Waals surface area contributed by atoms with Gasteiger partial charge >= 0.3 is 11.9 Å². The number of hydrogen-bond donors (Lipinski definition) is 1. The van der Waals surface area contributed by atoms with Crippen LogP contribution in [0.5, 0.6) is 0 Å². The largest absolute Gasteiger partial charge is 0.464 e. The van der Waals surface area contributed by atoms with E-state index < -0.39 is 23.5 Å². The average molecular weight is 410 g/mol. The molecule has 1 aliphatic rings. The molecule has 2 heterocycles. The zero-order valence-corrected chi connectivity index (χ0v) is 18.2. The molecule has 1 unspecified atom stereocenters. The van der Waals surface area contributed by atoms with Crippen LogP contribution in [0.2, 0.25) is 0 Å². The molecule has 9 heteroatoms. The van der Waals surface area contributed by atoms with E-state index in [0.29, 0.717) is 21.4 Å². The summed E-state index contributed by atoms with van der Waals surface area (Å²) in [5, 5.41) is 4.00. The molecule has 0 fully saturated rings. The van der Waals surface area contributed by atoms with Crippen LogP contribution in [0.25, 0.3) is 0 Å². The van der Waals surface area contributed by atoms with Gasteiger partial charge in [0.2, 0.25) is 0 Å². The highest BCUT2D eigenvalue weighted by molar-refractivity contribution is 8.03. The molecule has 28 heavy (non-hydrogen) atoms. The second-order valence-electron chi connectivity index (χ2n) is 7.37. The van der Waals surface area contributed by atoms with Crippen molar-refractivity contribution in [1.82, 2.24) is 14.9 Å². The first-order valence-electron chi connectivity index (χ1n) is 9.15. The van der Waals surface area contributed by atoms with Gasteiger partial charge < -0.3 is 19.4 Å².